The van der Waals surface area contributed by atoms with Crippen molar-refractivity contribution in [2.24, 2.45) is 5.73 Å². The first-order valence-electron chi connectivity index (χ1n) is 7.30. The van der Waals surface area contributed by atoms with Crippen LogP contribution in [-0.2, 0) is 4.79 Å². The van der Waals surface area contributed by atoms with Gasteiger partial charge in [-0.2, -0.15) is 0 Å². The number of hydrogen-bond donors (Lipinski definition) is 2. The smallest absolute Gasteiger partial charge is 0.238 e. The summed E-state index contributed by atoms with van der Waals surface area (Å²) in [5.41, 5.74) is 6.35. The van der Waals surface area contributed by atoms with Crippen molar-refractivity contribution in [2.75, 3.05) is 58.2 Å². The molecule has 1 saturated heterocycles. The zero-order chi connectivity index (χ0) is 15.1. The lowest BCUT2D eigenvalue weighted by Gasteiger charge is -2.33. The molecule has 1 aromatic rings. The van der Waals surface area contributed by atoms with E-state index in [0.717, 1.165) is 44.2 Å². The Bertz CT molecular complexity index is 441. The summed E-state index contributed by atoms with van der Waals surface area (Å²) in [6.45, 7) is 5.85. The van der Waals surface area contributed by atoms with E-state index in [2.05, 4.69) is 15.1 Å². The Balaban J connectivity index is 1.74. The highest BCUT2D eigenvalue weighted by Gasteiger charge is 2.18. The summed E-state index contributed by atoms with van der Waals surface area (Å²) in [5, 5.41) is 2.91. The molecule has 1 aliphatic rings. The van der Waals surface area contributed by atoms with Crippen LogP contribution in [0.15, 0.2) is 24.3 Å². The van der Waals surface area contributed by atoms with Crippen molar-refractivity contribution in [2.45, 2.75) is 0 Å². The predicted octanol–water partition coefficient (Wildman–Crippen LogP) is 0.210. The molecule has 6 heteroatoms. The first-order chi connectivity index (χ1) is 10.2. The molecule has 3 N–H and O–H groups in total. The van der Waals surface area contributed by atoms with Crippen molar-refractivity contribution in [3.8, 4) is 5.75 Å². The number of piperazine rings is 1. The van der Waals surface area contributed by atoms with Gasteiger partial charge in [-0.1, -0.05) is 0 Å². The van der Waals surface area contributed by atoms with E-state index in [0.29, 0.717) is 13.1 Å². The van der Waals surface area contributed by atoms with Crippen LogP contribution < -0.4 is 15.8 Å². The molecule has 0 atom stereocenters. The third-order valence-corrected chi connectivity index (χ3v) is 3.65. The van der Waals surface area contributed by atoms with Crippen molar-refractivity contribution in [1.82, 2.24) is 9.80 Å². The van der Waals surface area contributed by atoms with Crippen LogP contribution in [0.2, 0.25) is 0 Å². The Labute approximate surface area is 125 Å². The lowest BCUT2D eigenvalue weighted by atomic mass is 10.3. The maximum absolute atomic E-state index is 12.0. The van der Waals surface area contributed by atoms with Gasteiger partial charge in [0.15, 0.2) is 0 Å². The van der Waals surface area contributed by atoms with E-state index >= 15 is 0 Å². The molecule has 0 aromatic heterocycles. The second kappa shape index (κ2) is 7.97. The van der Waals surface area contributed by atoms with Crippen LogP contribution in [-0.4, -0.2) is 68.6 Å². The van der Waals surface area contributed by atoms with Crippen LogP contribution in [0.1, 0.15) is 0 Å². The van der Waals surface area contributed by atoms with E-state index in [-0.39, 0.29) is 5.91 Å². The molecule has 0 radical (unpaired) electrons. The van der Waals surface area contributed by atoms with Crippen LogP contribution in [0.4, 0.5) is 5.69 Å². The lowest BCUT2D eigenvalue weighted by Crippen LogP contribution is -2.49. The van der Waals surface area contributed by atoms with Crippen LogP contribution in [0.25, 0.3) is 0 Å². The van der Waals surface area contributed by atoms with Crippen LogP contribution in [0, 0.1) is 0 Å². The number of nitrogens with one attached hydrogen (secondary N) is 1. The molecule has 1 aromatic carbocycles. The molecular formula is C15H24N4O2. The lowest BCUT2D eigenvalue weighted by molar-refractivity contribution is -0.117. The Hall–Kier alpha value is -1.63. The number of carbonyl (C=O) groups excluding carboxylic acids is 1. The van der Waals surface area contributed by atoms with Gasteiger partial charge in [-0.15, -0.1) is 0 Å². The summed E-state index contributed by atoms with van der Waals surface area (Å²) in [4.78, 5) is 16.5. The number of ether oxygens (including phenoxy) is 1. The van der Waals surface area contributed by atoms with E-state index in [4.69, 9.17) is 10.5 Å². The number of hydrogen-bond acceptors (Lipinski definition) is 5. The molecule has 0 aliphatic carbocycles. The van der Waals surface area contributed by atoms with Crippen molar-refractivity contribution in [3.63, 3.8) is 0 Å². The largest absolute Gasteiger partial charge is 0.497 e. The highest BCUT2D eigenvalue weighted by atomic mass is 16.5. The molecule has 0 saturated carbocycles. The number of carbonyl (C=O) groups is 1. The Morgan fingerprint density at radius 2 is 1.81 bits per heavy atom. The monoisotopic (exact) mass is 292 g/mol. The SMILES string of the molecule is COc1ccc(NC(=O)CN2CCN(CCN)CC2)cc1. The molecule has 1 amide bonds. The number of anilines is 1. The number of methoxy groups -OCH3 is 1. The average molecular weight is 292 g/mol. The van der Waals surface area contributed by atoms with Gasteiger partial charge in [-0.3, -0.25) is 14.6 Å². The van der Waals surface area contributed by atoms with Crippen LogP contribution in [0.3, 0.4) is 0 Å². The summed E-state index contributed by atoms with van der Waals surface area (Å²) < 4.78 is 5.09. The molecule has 0 bridgehead atoms. The fourth-order valence-electron chi connectivity index (χ4n) is 2.43. The molecule has 1 aliphatic heterocycles. The topological polar surface area (TPSA) is 70.8 Å². The summed E-state index contributed by atoms with van der Waals surface area (Å²) in [5.74, 6) is 0.802. The van der Waals surface area contributed by atoms with Crippen molar-refractivity contribution >= 4 is 11.6 Å². The first kappa shape index (κ1) is 15.8. The summed E-state index contributed by atoms with van der Waals surface area (Å²) in [7, 11) is 1.62. The van der Waals surface area contributed by atoms with Gasteiger partial charge in [-0.05, 0) is 24.3 Å². The Morgan fingerprint density at radius 3 is 2.38 bits per heavy atom. The molecule has 116 valence electrons. The highest BCUT2D eigenvalue weighted by Crippen LogP contribution is 2.15. The minimum Gasteiger partial charge on any atom is -0.497 e. The fourth-order valence-corrected chi connectivity index (χ4v) is 2.43. The van der Waals surface area contributed by atoms with Gasteiger partial charge in [0.1, 0.15) is 5.75 Å². The summed E-state index contributed by atoms with van der Waals surface area (Å²) >= 11 is 0. The molecule has 0 unspecified atom stereocenters. The standard InChI is InChI=1S/C15H24N4O2/c1-21-14-4-2-13(3-5-14)17-15(20)12-19-10-8-18(7-6-16)9-11-19/h2-5H,6-12,16H2,1H3,(H,17,20). The fraction of sp³-hybridized carbons (Fsp3) is 0.533. The van der Waals surface area contributed by atoms with Crippen molar-refractivity contribution < 1.29 is 9.53 Å². The minimum atomic E-state index is 0.0208. The quantitative estimate of drug-likeness (QED) is 0.784. The van der Waals surface area contributed by atoms with Gasteiger partial charge in [0, 0.05) is 45.0 Å². The first-order valence-corrected chi connectivity index (χ1v) is 7.30. The highest BCUT2D eigenvalue weighted by molar-refractivity contribution is 5.92. The molecule has 1 fully saturated rings. The number of rotatable bonds is 6. The van der Waals surface area contributed by atoms with Crippen molar-refractivity contribution in [3.05, 3.63) is 24.3 Å². The minimum absolute atomic E-state index is 0.0208. The molecule has 6 nitrogen and oxygen atoms in total. The van der Waals surface area contributed by atoms with Gasteiger partial charge in [0.25, 0.3) is 0 Å². The molecule has 0 spiro atoms. The van der Waals surface area contributed by atoms with Gasteiger partial charge in [0.05, 0.1) is 13.7 Å². The predicted molar refractivity (Wildman–Crippen MR) is 83.6 cm³/mol. The van der Waals surface area contributed by atoms with Gasteiger partial charge >= 0.3 is 0 Å². The number of benzene rings is 1. The second-order valence-corrected chi connectivity index (χ2v) is 5.18. The van der Waals surface area contributed by atoms with E-state index < -0.39 is 0 Å². The Morgan fingerprint density at radius 1 is 1.19 bits per heavy atom. The normalized spacial score (nSPS) is 16.7. The number of nitrogens with zero attached hydrogens (tertiary/aromatic N) is 2. The molecule has 21 heavy (non-hydrogen) atoms. The summed E-state index contributed by atoms with van der Waals surface area (Å²) in [6.07, 6.45) is 0. The number of amides is 1. The van der Waals surface area contributed by atoms with E-state index in [1.165, 1.54) is 0 Å². The van der Waals surface area contributed by atoms with Gasteiger partial charge in [0.2, 0.25) is 5.91 Å². The van der Waals surface area contributed by atoms with Gasteiger partial charge < -0.3 is 15.8 Å². The number of nitrogens with two attached hydrogens (primary N) is 1. The van der Waals surface area contributed by atoms with E-state index in [1.54, 1.807) is 7.11 Å². The average Bonchev–Trinajstić information content (AvgIpc) is 2.50. The maximum atomic E-state index is 12.0. The van der Waals surface area contributed by atoms with Crippen LogP contribution in [0.5, 0.6) is 5.75 Å². The van der Waals surface area contributed by atoms with E-state index in [1.807, 2.05) is 24.3 Å². The molecular weight excluding hydrogens is 268 g/mol. The third kappa shape index (κ3) is 5.00. The zero-order valence-electron chi connectivity index (χ0n) is 12.5. The van der Waals surface area contributed by atoms with E-state index in [9.17, 15) is 4.79 Å². The van der Waals surface area contributed by atoms with Gasteiger partial charge in [-0.25, -0.2) is 0 Å². The Kier molecular flexibility index (Phi) is 5.98. The second-order valence-electron chi connectivity index (χ2n) is 5.18. The third-order valence-electron chi connectivity index (χ3n) is 3.65. The maximum Gasteiger partial charge on any atom is 0.238 e. The molecule has 2 rings (SSSR count). The van der Waals surface area contributed by atoms with Crippen LogP contribution >= 0.6 is 0 Å². The zero-order valence-corrected chi connectivity index (χ0v) is 12.5. The van der Waals surface area contributed by atoms with Crippen molar-refractivity contribution in [1.29, 1.82) is 0 Å². The molecule has 1 heterocycles. The summed E-state index contributed by atoms with van der Waals surface area (Å²) in [6, 6.07) is 7.36.